The summed E-state index contributed by atoms with van der Waals surface area (Å²) >= 11 is 0. The van der Waals surface area contributed by atoms with E-state index in [4.69, 9.17) is 28.8 Å². The highest BCUT2D eigenvalue weighted by Gasteiger charge is 2.41. The number of para-hydroxylation sites is 1. The van der Waals surface area contributed by atoms with Crippen LogP contribution in [0.2, 0.25) is 0 Å². The zero-order valence-corrected chi connectivity index (χ0v) is 16.5. The molecule has 0 amide bonds. The quantitative estimate of drug-likeness (QED) is 0.620. The van der Waals surface area contributed by atoms with Gasteiger partial charge in [0.15, 0.2) is 23.0 Å². The van der Waals surface area contributed by atoms with Crippen LogP contribution in [0.5, 0.6) is 28.7 Å². The molecule has 3 aromatic carbocycles. The summed E-state index contributed by atoms with van der Waals surface area (Å²) in [5, 5.41) is 7.07. The van der Waals surface area contributed by atoms with Gasteiger partial charge in [0.1, 0.15) is 5.75 Å². The molecule has 0 aliphatic carbocycles. The first kappa shape index (κ1) is 16.9. The molecular formula is C24H18N2O5. The molecule has 7 nitrogen and oxygen atoms in total. The van der Waals surface area contributed by atoms with Gasteiger partial charge in [0, 0.05) is 23.1 Å². The SMILES string of the molecule is c1ccc2c(c1)O[C@H](c1ccc3c(c1)OCO3)N1N=C(c3ccc4c(c3)OCO4)C[C@H]21. The van der Waals surface area contributed by atoms with E-state index in [1.165, 1.54) is 0 Å². The van der Waals surface area contributed by atoms with E-state index in [0.717, 1.165) is 57.6 Å². The van der Waals surface area contributed by atoms with Crippen LogP contribution in [0.15, 0.2) is 65.8 Å². The summed E-state index contributed by atoms with van der Waals surface area (Å²) < 4.78 is 28.5. The fraction of sp³-hybridized carbons (Fsp3) is 0.208. The Morgan fingerprint density at radius 1 is 0.742 bits per heavy atom. The Labute approximate surface area is 178 Å². The van der Waals surface area contributed by atoms with Gasteiger partial charge in [-0.2, -0.15) is 5.10 Å². The number of fused-ring (bicyclic) bond motifs is 5. The van der Waals surface area contributed by atoms with Crippen LogP contribution in [0.25, 0.3) is 0 Å². The lowest BCUT2D eigenvalue weighted by molar-refractivity contribution is -0.0191. The molecule has 0 fully saturated rings. The van der Waals surface area contributed by atoms with Gasteiger partial charge < -0.3 is 23.7 Å². The predicted molar refractivity (Wildman–Crippen MR) is 111 cm³/mol. The molecule has 31 heavy (non-hydrogen) atoms. The number of hydrogen-bond donors (Lipinski definition) is 0. The third-order valence-electron chi connectivity index (χ3n) is 6.09. The third kappa shape index (κ3) is 2.56. The van der Waals surface area contributed by atoms with Gasteiger partial charge in [0.2, 0.25) is 19.8 Å². The van der Waals surface area contributed by atoms with Gasteiger partial charge in [0.25, 0.3) is 0 Å². The topological polar surface area (TPSA) is 61.8 Å². The maximum atomic E-state index is 6.43. The monoisotopic (exact) mass is 414 g/mol. The molecular weight excluding hydrogens is 396 g/mol. The molecule has 0 N–H and O–H groups in total. The van der Waals surface area contributed by atoms with Crippen molar-refractivity contribution in [3.8, 4) is 28.7 Å². The number of benzene rings is 3. The van der Waals surface area contributed by atoms with E-state index in [2.05, 4.69) is 11.1 Å². The van der Waals surface area contributed by atoms with E-state index in [-0.39, 0.29) is 25.9 Å². The van der Waals surface area contributed by atoms with E-state index < -0.39 is 0 Å². The van der Waals surface area contributed by atoms with E-state index in [9.17, 15) is 0 Å². The van der Waals surface area contributed by atoms with Crippen LogP contribution in [0, 0.1) is 0 Å². The molecule has 0 radical (unpaired) electrons. The molecule has 3 aromatic rings. The van der Waals surface area contributed by atoms with Crippen LogP contribution in [-0.4, -0.2) is 24.3 Å². The van der Waals surface area contributed by atoms with E-state index in [0.29, 0.717) is 0 Å². The van der Waals surface area contributed by atoms with Crippen molar-refractivity contribution in [1.82, 2.24) is 5.01 Å². The van der Waals surface area contributed by atoms with Crippen LogP contribution in [0.4, 0.5) is 0 Å². The summed E-state index contributed by atoms with van der Waals surface area (Å²) in [5.74, 6) is 3.90. The van der Waals surface area contributed by atoms with E-state index >= 15 is 0 Å². The van der Waals surface area contributed by atoms with Gasteiger partial charge in [-0.15, -0.1) is 0 Å². The lowest BCUT2D eigenvalue weighted by Gasteiger charge is -2.38. The second kappa shape index (κ2) is 6.31. The molecule has 0 saturated heterocycles. The smallest absolute Gasteiger partial charge is 0.231 e. The summed E-state index contributed by atoms with van der Waals surface area (Å²) in [6.07, 6.45) is 0.419. The van der Waals surface area contributed by atoms with Gasteiger partial charge in [-0.1, -0.05) is 18.2 Å². The minimum Gasteiger partial charge on any atom is -0.464 e. The Bertz CT molecular complexity index is 1240. The normalized spacial score (nSPS) is 21.9. The van der Waals surface area contributed by atoms with Crippen molar-refractivity contribution in [2.45, 2.75) is 18.7 Å². The summed E-state index contributed by atoms with van der Waals surface area (Å²) in [6, 6.07) is 20.2. The molecule has 7 heteroatoms. The van der Waals surface area contributed by atoms with Crippen molar-refractivity contribution in [1.29, 1.82) is 0 Å². The Morgan fingerprint density at radius 3 is 2.35 bits per heavy atom. The zero-order chi connectivity index (χ0) is 20.4. The fourth-order valence-corrected chi connectivity index (χ4v) is 4.57. The van der Waals surface area contributed by atoms with Crippen molar-refractivity contribution >= 4 is 5.71 Å². The Kier molecular flexibility index (Phi) is 3.44. The molecule has 0 spiro atoms. The van der Waals surface area contributed by atoms with Gasteiger partial charge in [-0.3, -0.25) is 0 Å². The predicted octanol–water partition coefficient (Wildman–Crippen LogP) is 4.39. The first-order chi connectivity index (χ1) is 15.3. The lowest BCUT2D eigenvalue weighted by Crippen LogP contribution is -2.33. The third-order valence-corrected chi connectivity index (χ3v) is 6.09. The largest absolute Gasteiger partial charge is 0.464 e. The Morgan fingerprint density at radius 2 is 1.48 bits per heavy atom. The van der Waals surface area contributed by atoms with Crippen LogP contribution in [0.1, 0.15) is 35.4 Å². The number of hydrazone groups is 1. The van der Waals surface area contributed by atoms with E-state index in [1.54, 1.807) is 0 Å². The van der Waals surface area contributed by atoms with Crippen molar-refractivity contribution in [2.75, 3.05) is 13.6 Å². The average Bonchev–Trinajstić information content (AvgIpc) is 3.56. The minimum absolute atomic E-state index is 0.0841. The van der Waals surface area contributed by atoms with Gasteiger partial charge in [-0.25, -0.2) is 5.01 Å². The summed E-state index contributed by atoms with van der Waals surface area (Å²) in [7, 11) is 0. The first-order valence-corrected chi connectivity index (χ1v) is 10.2. The second-order valence-electron chi connectivity index (χ2n) is 7.84. The van der Waals surface area contributed by atoms with Gasteiger partial charge in [-0.05, 0) is 42.5 Å². The summed E-state index contributed by atoms with van der Waals surface area (Å²) in [4.78, 5) is 0. The fourth-order valence-electron chi connectivity index (χ4n) is 4.57. The van der Waals surface area contributed by atoms with E-state index in [1.807, 2.05) is 54.6 Å². The molecule has 0 unspecified atom stereocenters. The standard InChI is InChI=1S/C24H18N2O5/c1-2-4-19-16(3-1)18-11-17(14-5-7-20-22(9-14)29-12-27-20)25-26(18)24(31-19)15-6-8-21-23(10-15)30-13-28-21/h1-10,18,24H,11-13H2/t18-,24-/m1/s1. The van der Waals surface area contributed by atoms with Crippen LogP contribution in [0.3, 0.4) is 0 Å². The van der Waals surface area contributed by atoms with Crippen LogP contribution < -0.4 is 23.7 Å². The first-order valence-electron chi connectivity index (χ1n) is 10.2. The highest BCUT2D eigenvalue weighted by Crippen LogP contribution is 2.49. The van der Waals surface area contributed by atoms with Crippen LogP contribution >= 0.6 is 0 Å². The molecule has 4 aliphatic rings. The molecule has 4 heterocycles. The summed E-state index contributed by atoms with van der Waals surface area (Å²) in [6.45, 7) is 0.499. The summed E-state index contributed by atoms with van der Waals surface area (Å²) in [5.41, 5.74) is 4.13. The molecule has 2 atom stereocenters. The molecule has 7 rings (SSSR count). The van der Waals surface area contributed by atoms with Gasteiger partial charge >= 0.3 is 0 Å². The zero-order valence-electron chi connectivity index (χ0n) is 16.5. The van der Waals surface area contributed by atoms with Crippen LogP contribution in [-0.2, 0) is 0 Å². The molecule has 0 aromatic heterocycles. The lowest BCUT2D eigenvalue weighted by atomic mass is 9.95. The minimum atomic E-state index is -0.360. The number of ether oxygens (including phenoxy) is 5. The second-order valence-corrected chi connectivity index (χ2v) is 7.84. The Balaban J connectivity index is 1.31. The average molecular weight is 414 g/mol. The molecule has 154 valence electrons. The maximum absolute atomic E-state index is 6.43. The van der Waals surface area contributed by atoms with Crippen molar-refractivity contribution in [3.63, 3.8) is 0 Å². The number of nitrogens with zero attached hydrogens (tertiary/aromatic N) is 2. The highest BCUT2D eigenvalue weighted by atomic mass is 16.7. The maximum Gasteiger partial charge on any atom is 0.231 e. The van der Waals surface area contributed by atoms with Crippen molar-refractivity contribution in [2.24, 2.45) is 5.10 Å². The Hall–Kier alpha value is -3.87. The van der Waals surface area contributed by atoms with Crippen molar-refractivity contribution < 1.29 is 23.7 Å². The molecule has 0 bridgehead atoms. The molecule has 4 aliphatic heterocycles. The highest BCUT2D eigenvalue weighted by molar-refractivity contribution is 6.02. The van der Waals surface area contributed by atoms with Gasteiger partial charge in [0.05, 0.1) is 11.8 Å². The molecule has 0 saturated carbocycles. The van der Waals surface area contributed by atoms with Crippen molar-refractivity contribution in [3.05, 3.63) is 77.4 Å². The number of hydrogen-bond acceptors (Lipinski definition) is 7. The number of rotatable bonds is 2.